The van der Waals surface area contributed by atoms with Crippen LogP contribution < -0.4 is 5.73 Å². The van der Waals surface area contributed by atoms with Gasteiger partial charge in [-0.15, -0.1) is 0 Å². The zero-order valence-corrected chi connectivity index (χ0v) is 10.4. The van der Waals surface area contributed by atoms with Crippen LogP contribution in [0.4, 0.5) is 0 Å². The van der Waals surface area contributed by atoms with E-state index in [0.717, 1.165) is 18.7 Å². The van der Waals surface area contributed by atoms with Gasteiger partial charge in [0.15, 0.2) is 0 Å². The summed E-state index contributed by atoms with van der Waals surface area (Å²) in [4.78, 5) is 4.18. The Morgan fingerprint density at radius 1 is 1.29 bits per heavy atom. The van der Waals surface area contributed by atoms with E-state index in [0.29, 0.717) is 0 Å². The van der Waals surface area contributed by atoms with Crippen LogP contribution in [0.25, 0.3) is 0 Å². The molecule has 90 valence electrons. The number of aryl methyl sites for hydroxylation is 1. The van der Waals surface area contributed by atoms with Crippen LogP contribution >= 0.6 is 0 Å². The van der Waals surface area contributed by atoms with E-state index in [-0.39, 0.29) is 6.04 Å². The number of benzene rings is 1. The van der Waals surface area contributed by atoms with Crippen molar-refractivity contribution in [3.05, 3.63) is 53.6 Å². The summed E-state index contributed by atoms with van der Waals surface area (Å²) in [7, 11) is 0. The van der Waals surface area contributed by atoms with Gasteiger partial charge in [-0.3, -0.25) is 0 Å². The van der Waals surface area contributed by atoms with Crippen LogP contribution in [0.2, 0.25) is 0 Å². The van der Waals surface area contributed by atoms with Crippen molar-refractivity contribution in [2.24, 2.45) is 5.73 Å². The van der Waals surface area contributed by atoms with E-state index in [1.165, 1.54) is 11.1 Å². The summed E-state index contributed by atoms with van der Waals surface area (Å²) < 4.78 is 2.12. The molecule has 0 saturated heterocycles. The van der Waals surface area contributed by atoms with E-state index < -0.39 is 0 Å². The third kappa shape index (κ3) is 2.56. The zero-order valence-electron chi connectivity index (χ0n) is 10.4. The van der Waals surface area contributed by atoms with Gasteiger partial charge in [-0.05, 0) is 24.5 Å². The van der Waals surface area contributed by atoms with E-state index >= 15 is 0 Å². The van der Waals surface area contributed by atoms with E-state index in [9.17, 15) is 0 Å². The van der Waals surface area contributed by atoms with Crippen molar-refractivity contribution in [2.75, 3.05) is 0 Å². The monoisotopic (exact) mass is 229 g/mol. The van der Waals surface area contributed by atoms with Gasteiger partial charge in [0.2, 0.25) is 0 Å². The van der Waals surface area contributed by atoms with Gasteiger partial charge in [0.25, 0.3) is 0 Å². The molecule has 1 unspecified atom stereocenters. The molecule has 2 rings (SSSR count). The van der Waals surface area contributed by atoms with Gasteiger partial charge in [0, 0.05) is 18.8 Å². The molecule has 0 aliphatic rings. The highest BCUT2D eigenvalue weighted by atomic mass is 15.1. The Kier molecular flexibility index (Phi) is 3.59. The number of hydrogen-bond donors (Lipinski definition) is 1. The molecule has 2 aromatic rings. The molecule has 0 radical (unpaired) electrons. The Morgan fingerprint density at radius 3 is 2.65 bits per heavy atom. The molecule has 2 N–H and O–H groups in total. The van der Waals surface area contributed by atoms with Crippen LogP contribution in [0.5, 0.6) is 0 Å². The van der Waals surface area contributed by atoms with Gasteiger partial charge in [-0.2, -0.15) is 0 Å². The Morgan fingerprint density at radius 2 is 2.00 bits per heavy atom. The fraction of sp³-hybridized carbons (Fsp3) is 0.357. The lowest BCUT2D eigenvalue weighted by molar-refractivity contribution is 0.671. The SMILES string of the molecule is CCc1ccccc1Cn1cncc1C(C)N. The van der Waals surface area contributed by atoms with E-state index in [4.69, 9.17) is 5.73 Å². The summed E-state index contributed by atoms with van der Waals surface area (Å²) in [6.07, 6.45) is 4.75. The van der Waals surface area contributed by atoms with Crippen molar-refractivity contribution in [3.63, 3.8) is 0 Å². The molecule has 1 aromatic heterocycles. The lowest BCUT2D eigenvalue weighted by atomic mass is 10.1. The molecule has 1 aromatic carbocycles. The summed E-state index contributed by atoms with van der Waals surface area (Å²) in [6, 6.07) is 8.53. The molecule has 17 heavy (non-hydrogen) atoms. The number of aromatic nitrogens is 2. The van der Waals surface area contributed by atoms with Crippen molar-refractivity contribution >= 4 is 0 Å². The van der Waals surface area contributed by atoms with Crippen molar-refractivity contribution in [2.45, 2.75) is 32.9 Å². The molecule has 1 atom stereocenters. The average molecular weight is 229 g/mol. The molecule has 0 bridgehead atoms. The van der Waals surface area contributed by atoms with E-state index in [2.05, 4.69) is 40.7 Å². The van der Waals surface area contributed by atoms with Gasteiger partial charge in [-0.25, -0.2) is 4.98 Å². The van der Waals surface area contributed by atoms with Crippen LogP contribution in [-0.4, -0.2) is 9.55 Å². The van der Waals surface area contributed by atoms with Crippen LogP contribution in [0.15, 0.2) is 36.8 Å². The van der Waals surface area contributed by atoms with Crippen molar-refractivity contribution in [3.8, 4) is 0 Å². The largest absolute Gasteiger partial charge is 0.329 e. The maximum atomic E-state index is 5.92. The highest BCUT2D eigenvalue weighted by molar-refractivity contribution is 5.27. The van der Waals surface area contributed by atoms with Crippen molar-refractivity contribution < 1.29 is 0 Å². The number of nitrogens with zero attached hydrogens (tertiary/aromatic N) is 2. The molecule has 0 aliphatic carbocycles. The lowest BCUT2D eigenvalue weighted by Crippen LogP contribution is -2.13. The number of hydrogen-bond acceptors (Lipinski definition) is 2. The smallest absolute Gasteiger partial charge is 0.0951 e. The first-order valence-corrected chi connectivity index (χ1v) is 6.04. The third-order valence-corrected chi connectivity index (χ3v) is 3.05. The van der Waals surface area contributed by atoms with Crippen molar-refractivity contribution in [1.82, 2.24) is 9.55 Å². The van der Waals surface area contributed by atoms with Gasteiger partial charge in [0.1, 0.15) is 0 Å². The normalized spacial score (nSPS) is 12.6. The van der Waals surface area contributed by atoms with Gasteiger partial charge < -0.3 is 10.3 Å². The zero-order chi connectivity index (χ0) is 12.3. The van der Waals surface area contributed by atoms with Crippen LogP contribution in [0, 0.1) is 0 Å². The molecule has 0 spiro atoms. The minimum atomic E-state index is 0.0197. The Balaban J connectivity index is 2.28. The Labute approximate surface area is 102 Å². The highest BCUT2D eigenvalue weighted by Gasteiger charge is 2.08. The summed E-state index contributed by atoms with van der Waals surface area (Å²) in [5.74, 6) is 0. The van der Waals surface area contributed by atoms with Crippen molar-refractivity contribution in [1.29, 1.82) is 0 Å². The summed E-state index contributed by atoms with van der Waals surface area (Å²) in [5, 5.41) is 0. The number of nitrogens with two attached hydrogens (primary N) is 1. The number of imidazole rings is 1. The first-order chi connectivity index (χ1) is 8.22. The summed E-state index contributed by atoms with van der Waals surface area (Å²) in [5.41, 5.74) is 9.73. The summed E-state index contributed by atoms with van der Waals surface area (Å²) in [6.45, 7) is 5.01. The predicted molar refractivity (Wildman–Crippen MR) is 69.8 cm³/mol. The molecule has 0 amide bonds. The predicted octanol–water partition coefficient (Wildman–Crippen LogP) is 2.51. The topological polar surface area (TPSA) is 43.8 Å². The standard InChI is InChI=1S/C14H19N3/c1-3-12-6-4-5-7-13(12)9-17-10-16-8-14(17)11(2)15/h4-8,10-11H,3,9,15H2,1-2H3. The molecule has 3 heteroatoms. The Hall–Kier alpha value is -1.61. The lowest BCUT2D eigenvalue weighted by Gasteiger charge is -2.13. The average Bonchev–Trinajstić information content (AvgIpc) is 2.78. The fourth-order valence-corrected chi connectivity index (χ4v) is 2.08. The maximum Gasteiger partial charge on any atom is 0.0951 e. The van der Waals surface area contributed by atoms with E-state index in [1.807, 2.05) is 19.4 Å². The number of rotatable bonds is 4. The Bertz CT molecular complexity index is 486. The van der Waals surface area contributed by atoms with Crippen LogP contribution in [0.1, 0.15) is 36.7 Å². The first-order valence-electron chi connectivity index (χ1n) is 6.04. The molecule has 3 nitrogen and oxygen atoms in total. The molecule has 0 saturated carbocycles. The quantitative estimate of drug-likeness (QED) is 0.875. The second kappa shape index (κ2) is 5.15. The maximum absolute atomic E-state index is 5.92. The van der Waals surface area contributed by atoms with E-state index in [1.54, 1.807) is 0 Å². The molecular formula is C14H19N3. The fourth-order valence-electron chi connectivity index (χ4n) is 2.08. The van der Waals surface area contributed by atoms with Gasteiger partial charge in [0.05, 0.1) is 12.0 Å². The molecule has 1 heterocycles. The van der Waals surface area contributed by atoms with Gasteiger partial charge >= 0.3 is 0 Å². The molecule has 0 fully saturated rings. The minimum absolute atomic E-state index is 0.0197. The highest BCUT2D eigenvalue weighted by Crippen LogP contribution is 2.15. The minimum Gasteiger partial charge on any atom is -0.329 e. The van der Waals surface area contributed by atoms with Gasteiger partial charge in [-0.1, -0.05) is 31.2 Å². The molecular weight excluding hydrogens is 210 g/mol. The summed E-state index contributed by atoms with van der Waals surface area (Å²) >= 11 is 0. The van der Waals surface area contributed by atoms with Crippen LogP contribution in [-0.2, 0) is 13.0 Å². The second-order valence-corrected chi connectivity index (χ2v) is 4.36. The third-order valence-electron chi connectivity index (χ3n) is 3.05. The van der Waals surface area contributed by atoms with Crippen LogP contribution in [0.3, 0.4) is 0 Å². The first kappa shape index (κ1) is 11.9. The molecule has 0 aliphatic heterocycles. The second-order valence-electron chi connectivity index (χ2n) is 4.36.